The molecule has 8 heteroatoms. The monoisotopic (exact) mass is 481 g/mol. The summed E-state index contributed by atoms with van der Waals surface area (Å²) < 4.78 is 7.74. The van der Waals surface area contributed by atoms with Crippen LogP contribution in [0.4, 0.5) is 0 Å². The second kappa shape index (κ2) is 11.8. The van der Waals surface area contributed by atoms with Crippen molar-refractivity contribution >= 4 is 34.3 Å². The number of aliphatic carboxylic acids is 1. The summed E-state index contributed by atoms with van der Waals surface area (Å²) in [7, 11) is 1.91. The lowest BCUT2D eigenvalue weighted by atomic mass is 9.94. The highest BCUT2D eigenvalue weighted by Crippen LogP contribution is 2.30. The van der Waals surface area contributed by atoms with E-state index < -0.39 is 5.97 Å². The predicted octanol–water partition coefficient (Wildman–Crippen LogP) is 5.32. The quantitative estimate of drug-likeness (QED) is 0.213. The molecule has 7 nitrogen and oxygen atoms in total. The number of hydrogen-bond acceptors (Lipinski definition) is 5. The average Bonchev–Trinajstić information content (AvgIpc) is 3.06. The molecule has 0 amide bonds. The Morgan fingerprint density at radius 1 is 1.26 bits per heavy atom. The summed E-state index contributed by atoms with van der Waals surface area (Å²) in [5.41, 5.74) is 3.89. The van der Waals surface area contributed by atoms with Crippen molar-refractivity contribution in [2.24, 2.45) is 13.0 Å². The Labute approximate surface area is 203 Å². The maximum atomic E-state index is 13.2. The fraction of sp³-hybridized carbons (Fsp3) is 0.385. The first-order valence-corrected chi connectivity index (χ1v) is 11.6. The Bertz CT molecular complexity index is 1230. The number of halogens is 1. The summed E-state index contributed by atoms with van der Waals surface area (Å²) in [6, 6.07) is 11.2. The molecule has 1 aromatic carbocycles. The summed E-state index contributed by atoms with van der Waals surface area (Å²) in [6.45, 7) is 2.78. The fourth-order valence-electron chi connectivity index (χ4n) is 4.17. The molecular formula is C26H28ClN3O4. The molecule has 0 bridgehead atoms. The Kier molecular flexibility index (Phi) is 8.80. The summed E-state index contributed by atoms with van der Waals surface area (Å²) in [5.74, 6) is -1.26. The van der Waals surface area contributed by atoms with Gasteiger partial charge < -0.3 is 14.4 Å². The van der Waals surface area contributed by atoms with Crippen LogP contribution in [0.15, 0.2) is 36.5 Å². The summed E-state index contributed by atoms with van der Waals surface area (Å²) in [4.78, 5) is 28.4. The molecule has 3 rings (SSSR count). The lowest BCUT2D eigenvalue weighted by molar-refractivity contribution is -0.137. The lowest BCUT2D eigenvalue weighted by Gasteiger charge is -2.11. The number of carbonyl (C=O) groups excluding carboxylic acids is 1. The molecule has 1 N–H and O–H groups in total. The number of fused-ring (bicyclic) bond motifs is 1. The fourth-order valence-corrected chi connectivity index (χ4v) is 4.33. The van der Waals surface area contributed by atoms with Crippen molar-refractivity contribution < 1.29 is 19.4 Å². The van der Waals surface area contributed by atoms with E-state index in [1.165, 1.54) is 0 Å². The van der Waals surface area contributed by atoms with E-state index in [9.17, 15) is 9.59 Å². The van der Waals surface area contributed by atoms with E-state index in [1.807, 2.05) is 29.8 Å². The third-order valence-corrected chi connectivity index (χ3v) is 5.99. The van der Waals surface area contributed by atoms with Crippen molar-refractivity contribution in [3.63, 3.8) is 0 Å². The van der Waals surface area contributed by atoms with Gasteiger partial charge in [-0.3, -0.25) is 9.59 Å². The minimum atomic E-state index is -0.912. The molecule has 0 radical (unpaired) electrons. The van der Waals surface area contributed by atoms with Gasteiger partial charge in [-0.1, -0.05) is 30.7 Å². The maximum Gasteiger partial charge on any atom is 0.303 e. The highest BCUT2D eigenvalue weighted by atomic mass is 35.5. The molecule has 3 aromatic rings. The molecule has 2 heterocycles. The van der Waals surface area contributed by atoms with Crippen molar-refractivity contribution in [1.82, 2.24) is 9.55 Å². The van der Waals surface area contributed by atoms with Crippen LogP contribution in [0, 0.1) is 17.2 Å². The number of rotatable bonds is 12. The van der Waals surface area contributed by atoms with Gasteiger partial charge in [0, 0.05) is 43.1 Å². The summed E-state index contributed by atoms with van der Waals surface area (Å²) >= 11 is 6.12. The average molecular weight is 482 g/mol. The number of benzene rings is 1. The smallest absolute Gasteiger partial charge is 0.303 e. The van der Waals surface area contributed by atoms with Gasteiger partial charge in [0.2, 0.25) is 0 Å². The number of carboxylic acid groups (broad SMARTS) is 1. The molecule has 1 atom stereocenters. The van der Waals surface area contributed by atoms with Gasteiger partial charge in [-0.25, -0.2) is 4.98 Å². The number of hydrogen-bond donors (Lipinski definition) is 1. The standard InChI is InChI=1S/C26H28ClN3O4/c1-17(11-25(32)33)10-23(31)26-20-13-24(27)29-15-22(20)30(2)21(26)8-3-4-9-34-16-19-7-5-6-18(12-19)14-28/h5-7,12-13,15,17H,3-4,8-11,16H2,1-2H3,(H,32,33)/t17-/m0/s1. The van der Waals surface area contributed by atoms with Crippen LogP contribution in [0.3, 0.4) is 0 Å². The van der Waals surface area contributed by atoms with Crippen LogP contribution in [0.5, 0.6) is 0 Å². The molecule has 0 aliphatic rings. The molecule has 0 unspecified atom stereocenters. The van der Waals surface area contributed by atoms with E-state index in [1.54, 1.807) is 25.3 Å². The van der Waals surface area contributed by atoms with E-state index in [0.717, 1.165) is 35.0 Å². The van der Waals surface area contributed by atoms with Crippen molar-refractivity contribution in [3.8, 4) is 6.07 Å². The van der Waals surface area contributed by atoms with E-state index in [2.05, 4.69) is 11.1 Å². The van der Waals surface area contributed by atoms with E-state index >= 15 is 0 Å². The minimum Gasteiger partial charge on any atom is -0.481 e. The van der Waals surface area contributed by atoms with Crippen LogP contribution < -0.4 is 0 Å². The summed E-state index contributed by atoms with van der Waals surface area (Å²) in [6.07, 6.45) is 4.06. The Morgan fingerprint density at radius 2 is 2.06 bits per heavy atom. The Morgan fingerprint density at radius 3 is 2.79 bits per heavy atom. The van der Waals surface area contributed by atoms with Crippen molar-refractivity contribution in [2.75, 3.05) is 6.61 Å². The van der Waals surface area contributed by atoms with E-state index in [-0.39, 0.29) is 24.5 Å². The molecule has 178 valence electrons. The number of carboxylic acids is 1. The number of pyridine rings is 1. The largest absolute Gasteiger partial charge is 0.481 e. The maximum absolute atomic E-state index is 13.2. The number of ketones is 1. The first-order chi connectivity index (χ1) is 16.3. The zero-order valence-electron chi connectivity index (χ0n) is 19.4. The first kappa shape index (κ1) is 25.4. The molecule has 0 saturated carbocycles. The van der Waals surface area contributed by atoms with Gasteiger partial charge in [0.25, 0.3) is 0 Å². The number of unbranched alkanes of at least 4 members (excludes halogenated alkanes) is 1. The van der Waals surface area contributed by atoms with Crippen molar-refractivity contribution in [3.05, 3.63) is 64.1 Å². The van der Waals surface area contributed by atoms with Gasteiger partial charge in [0.1, 0.15) is 5.15 Å². The molecular weight excluding hydrogens is 454 g/mol. The topological polar surface area (TPSA) is 105 Å². The first-order valence-electron chi connectivity index (χ1n) is 11.2. The van der Waals surface area contributed by atoms with Gasteiger partial charge in [-0.2, -0.15) is 5.26 Å². The minimum absolute atomic E-state index is 0.0528. The number of Topliss-reactive ketones (excluding diaryl/α,β-unsaturated/α-hetero) is 1. The van der Waals surface area contributed by atoms with E-state index in [4.69, 9.17) is 26.7 Å². The SMILES string of the molecule is C[C@H](CC(=O)O)CC(=O)c1c(CCCCOCc2cccc(C#N)c2)n(C)c2cnc(Cl)cc12. The van der Waals surface area contributed by atoms with Gasteiger partial charge >= 0.3 is 5.97 Å². The van der Waals surface area contributed by atoms with Crippen LogP contribution in [-0.2, 0) is 29.6 Å². The predicted molar refractivity (Wildman–Crippen MR) is 130 cm³/mol. The molecule has 2 aromatic heterocycles. The number of aryl methyl sites for hydroxylation is 1. The van der Waals surface area contributed by atoms with Crippen LogP contribution in [0.25, 0.3) is 10.9 Å². The van der Waals surface area contributed by atoms with Crippen LogP contribution in [0.1, 0.15) is 59.8 Å². The summed E-state index contributed by atoms with van der Waals surface area (Å²) in [5, 5.41) is 19.1. The Hall–Kier alpha value is -3.21. The highest BCUT2D eigenvalue weighted by Gasteiger charge is 2.23. The molecule has 0 saturated heterocycles. The van der Waals surface area contributed by atoms with Crippen LogP contribution in [0.2, 0.25) is 5.15 Å². The van der Waals surface area contributed by atoms with Gasteiger partial charge in [0.15, 0.2) is 5.78 Å². The number of nitrogens with zero attached hydrogens (tertiary/aromatic N) is 3. The van der Waals surface area contributed by atoms with E-state index in [0.29, 0.717) is 35.9 Å². The second-order valence-corrected chi connectivity index (χ2v) is 8.94. The Balaban J connectivity index is 1.67. The molecule has 0 aliphatic carbocycles. The molecule has 0 aliphatic heterocycles. The van der Waals surface area contributed by atoms with Crippen molar-refractivity contribution in [2.45, 2.75) is 45.6 Å². The van der Waals surface area contributed by atoms with Gasteiger partial charge in [-0.05, 0) is 48.9 Å². The number of ether oxygens (including phenoxy) is 1. The second-order valence-electron chi connectivity index (χ2n) is 8.56. The number of nitriles is 1. The third kappa shape index (κ3) is 6.43. The van der Waals surface area contributed by atoms with Gasteiger partial charge in [0.05, 0.1) is 30.0 Å². The lowest BCUT2D eigenvalue weighted by Crippen LogP contribution is -2.12. The van der Waals surface area contributed by atoms with Crippen molar-refractivity contribution in [1.29, 1.82) is 5.26 Å². The number of aromatic nitrogens is 2. The molecule has 0 fully saturated rings. The van der Waals surface area contributed by atoms with Gasteiger partial charge in [-0.15, -0.1) is 0 Å². The molecule has 34 heavy (non-hydrogen) atoms. The highest BCUT2D eigenvalue weighted by molar-refractivity contribution is 6.30. The van der Waals surface area contributed by atoms with Crippen LogP contribution in [-0.4, -0.2) is 33.0 Å². The zero-order valence-corrected chi connectivity index (χ0v) is 20.1. The molecule has 0 spiro atoms. The normalized spacial score (nSPS) is 11.9. The number of carbonyl (C=O) groups is 2. The zero-order chi connectivity index (χ0) is 24.7. The van der Waals surface area contributed by atoms with Crippen LogP contribution >= 0.6 is 11.6 Å². The third-order valence-electron chi connectivity index (χ3n) is 5.79.